The lowest BCUT2D eigenvalue weighted by molar-refractivity contribution is 0.102. The number of amides is 1. The number of hydrogen-bond acceptors (Lipinski definition) is 3. The van der Waals surface area contributed by atoms with E-state index in [2.05, 4.69) is 26.2 Å². The summed E-state index contributed by atoms with van der Waals surface area (Å²) >= 11 is 3.29. The lowest BCUT2D eigenvalue weighted by Gasteiger charge is -2.07. The molecule has 4 nitrogen and oxygen atoms in total. The number of aryl methyl sites for hydroxylation is 1. The number of benzene rings is 1. The second-order valence-corrected chi connectivity index (χ2v) is 5.17. The maximum absolute atomic E-state index is 12.1. The summed E-state index contributed by atoms with van der Waals surface area (Å²) < 4.78 is 0.534. The first-order valence-corrected chi connectivity index (χ1v) is 7.04. The molecule has 0 saturated carbocycles. The van der Waals surface area contributed by atoms with Crippen molar-refractivity contribution in [2.45, 2.75) is 13.3 Å². The zero-order chi connectivity index (χ0) is 14.5. The predicted molar refractivity (Wildman–Crippen MR) is 81.9 cm³/mol. The van der Waals surface area contributed by atoms with Gasteiger partial charge in [-0.05, 0) is 59.1 Å². The third-order valence-corrected chi connectivity index (χ3v) is 3.45. The van der Waals surface area contributed by atoms with E-state index in [4.69, 9.17) is 5.11 Å². The zero-order valence-corrected chi connectivity index (χ0v) is 12.6. The Balaban J connectivity index is 2.11. The van der Waals surface area contributed by atoms with Crippen LogP contribution >= 0.6 is 15.9 Å². The normalized spacial score (nSPS) is 10.3. The van der Waals surface area contributed by atoms with Gasteiger partial charge in [0.25, 0.3) is 5.91 Å². The van der Waals surface area contributed by atoms with Gasteiger partial charge in [0.05, 0.1) is 5.56 Å². The van der Waals surface area contributed by atoms with Crippen LogP contribution in [0.2, 0.25) is 0 Å². The first kappa shape index (κ1) is 14.7. The quantitative estimate of drug-likeness (QED) is 0.845. The summed E-state index contributed by atoms with van der Waals surface area (Å²) in [4.78, 5) is 16.3. The minimum Gasteiger partial charge on any atom is -0.396 e. The lowest BCUT2D eigenvalue weighted by Crippen LogP contribution is -2.13. The van der Waals surface area contributed by atoms with Crippen LogP contribution in [-0.4, -0.2) is 22.6 Å². The highest BCUT2D eigenvalue weighted by Crippen LogP contribution is 2.17. The van der Waals surface area contributed by atoms with Crippen molar-refractivity contribution in [3.05, 3.63) is 57.8 Å². The molecule has 0 radical (unpaired) electrons. The Labute approximate surface area is 126 Å². The van der Waals surface area contributed by atoms with E-state index in [1.807, 2.05) is 31.2 Å². The van der Waals surface area contributed by atoms with Crippen LogP contribution < -0.4 is 5.32 Å². The summed E-state index contributed by atoms with van der Waals surface area (Å²) in [5.41, 5.74) is 3.09. The molecule has 0 atom stereocenters. The van der Waals surface area contributed by atoms with E-state index < -0.39 is 0 Å². The summed E-state index contributed by atoms with van der Waals surface area (Å²) in [5, 5.41) is 11.7. The zero-order valence-electron chi connectivity index (χ0n) is 11.1. The third kappa shape index (κ3) is 3.65. The fraction of sp³-hybridized carbons (Fsp3) is 0.200. The molecule has 0 bridgehead atoms. The van der Waals surface area contributed by atoms with Crippen LogP contribution in [0.3, 0.4) is 0 Å². The Bertz CT molecular complexity index is 612. The van der Waals surface area contributed by atoms with Crippen molar-refractivity contribution < 1.29 is 9.90 Å². The molecule has 104 valence electrons. The fourth-order valence-electron chi connectivity index (χ4n) is 1.78. The van der Waals surface area contributed by atoms with Gasteiger partial charge in [0, 0.05) is 18.0 Å². The van der Waals surface area contributed by atoms with Crippen LogP contribution in [0.15, 0.2) is 41.0 Å². The van der Waals surface area contributed by atoms with Crippen molar-refractivity contribution >= 4 is 27.5 Å². The molecule has 0 aliphatic heterocycles. The summed E-state index contributed by atoms with van der Waals surface area (Å²) in [6.45, 7) is 1.99. The van der Waals surface area contributed by atoms with Crippen molar-refractivity contribution in [2.24, 2.45) is 0 Å². The maximum Gasteiger partial charge on any atom is 0.258 e. The van der Waals surface area contributed by atoms with Crippen LogP contribution in [0.4, 0.5) is 5.69 Å². The van der Waals surface area contributed by atoms with Gasteiger partial charge in [0.2, 0.25) is 0 Å². The first-order chi connectivity index (χ1) is 9.60. The van der Waals surface area contributed by atoms with E-state index in [0.29, 0.717) is 22.3 Å². The Morgan fingerprint density at radius 1 is 1.25 bits per heavy atom. The lowest BCUT2D eigenvalue weighted by atomic mass is 10.1. The summed E-state index contributed by atoms with van der Waals surface area (Å²) in [7, 11) is 0. The molecule has 20 heavy (non-hydrogen) atoms. The van der Waals surface area contributed by atoms with Crippen LogP contribution in [0.1, 0.15) is 21.6 Å². The highest BCUT2D eigenvalue weighted by atomic mass is 79.9. The van der Waals surface area contributed by atoms with Gasteiger partial charge in [-0.3, -0.25) is 4.79 Å². The number of halogens is 1. The van der Waals surface area contributed by atoms with E-state index in [9.17, 15) is 4.79 Å². The molecule has 1 aromatic carbocycles. The number of anilines is 1. The molecule has 1 amide bonds. The molecular formula is C15H15BrN2O2. The topological polar surface area (TPSA) is 62.2 Å². The second kappa shape index (κ2) is 6.63. The van der Waals surface area contributed by atoms with Crippen molar-refractivity contribution in [3.63, 3.8) is 0 Å². The van der Waals surface area contributed by atoms with Crippen LogP contribution in [0.25, 0.3) is 0 Å². The minimum absolute atomic E-state index is 0.119. The summed E-state index contributed by atoms with van der Waals surface area (Å²) in [6, 6.07) is 10.9. The number of rotatable bonds is 4. The van der Waals surface area contributed by atoms with Crippen molar-refractivity contribution in [3.8, 4) is 0 Å². The van der Waals surface area contributed by atoms with Gasteiger partial charge in [0.15, 0.2) is 0 Å². The Kier molecular flexibility index (Phi) is 4.87. The van der Waals surface area contributed by atoms with Gasteiger partial charge in [-0.2, -0.15) is 0 Å². The monoisotopic (exact) mass is 334 g/mol. The number of aliphatic hydroxyl groups is 1. The number of hydrogen-bond donors (Lipinski definition) is 2. The highest BCUT2D eigenvalue weighted by molar-refractivity contribution is 9.10. The Hall–Kier alpha value is -1.72. The number of aromatic nitrogens is 1. The van der Waals surface area contributed by atoms with Crippen LogP contribution in [-0.2, 0) is 6.42 Å². The molecule has 0 fully saturated rings. The molecule has 0 unspecified atom stereocenters. The van der Waals surface area contributed by atoms with Crippen molar-refractivity contribution in [1.29, 1.82) is 0 Å². The molecular weight excluding hydrogens is 320 g/mol. The summed E-state index contributed by atoms with van der Waals surface area (Å²) in [5.74, 6) is -0.209. The molecule has 1 heterocycles. The van der Waals surface area contributed by atoms with Crippen molar-refractivity contribution in [1.82, 2.24) is 4.98 Å². The smallest absolute Gasteiger partial charge is 0.258 e. The highest BCUT2D eigenvalue weighted by Gasteiger charge is 2.11. The van der Waals surface area contributed by atoms with E-state index >= 15 is 0 Å². The molecule has 0 spiro atoms. The standard InChI is InChI=1S/C15H15BrN2O2/c1-10-2-7-13(14(16)17-10)15(20)18-12-5-3-11(4-6-12)8-9-19/h2-7,19H,8-9H2,1H3,(H,18,20). The molecule has 0 aliphatic rings. The number of pyridine rings is 1. The molecule has 2 aromatic rings. The second-order valence-electron chi connectivity index (χ2n) is 4.42. The molecule has 2 N–H and O–H groups in total. The maximum atomic E-state index is 12.1. The van der Waals surface area contributed by atoms with Gasteiger partial charge in [-0.15, -0.1) is 0 Å². The average Bonchev–Trinajstić information content (AvgIpc) is 2.41. The van der Waals surface area contributed by atoms with E-state index in [0.717, 1.165) is 11.3 Å². The van der Waals surface area contributed by atoms with Crippen LogP contribution in [0, 0.1) is 6.92 Å². The van der Waals surface area contributed by atoms with Crippen LogP contribution in [0.5, 0.6) is 0 Å². The minimum atomic E-state index is -0.209. The van der Waals surface area contributed by atoms with Gasteiger partial charge in [0.1, 0.15) is 4.60 Å². The SMILES string of the molecule is Cc1ccc(C(=O)Nc2ccc(CCO)cc2)c(Br)n1. The molecule has 5 heteroatoms. The Morgan fingerprint density at radius 2 is 1.95 bits per heavy atom. The van der Waals surface area contributed by atoms with Gasteiger partial charge < -0.3 is 10.4 Å². The fourth-order valence-corrected chi connectivity index (χ4v) is 2.37. The van der Waals surface area contributed by atoms with Gasteiger partial charge >= 0.3 is 0 Å². The van der Waals surface area contributed by atoms with E-state index in [1.165, 1.54) is 0 Å². The predicted octanol–water partition coefficient (Wildman–Crippen LogP) is 2.94. The first-order valence-electron chi connectivity index (χ1n) is 6.24. The van der Waals surface area contributed by atoms with E-state index in [-0.39, 0.29) is 12.5 Å². The van der Waals surface area contributed by atoms with E-state index in [1.54, 1.807) is 12.1 Å². The third-order valence-electron chi connectivity index (χ3n) is 2.84. The molecule has 1 aromatic heterocycles. The number of carbonyl (C=O) groups excluding carboxylic acids is 1. The average molecular weight is 335 g/mol. The molecule has 2 rings (SSSR count). The number of aliphatic hydroxyl groups excluding tert-OH is 1. The molecule has 0 aliphatic carbocycles. The Morgan fingerprint density at radius 3 is 2.55 bits per heavy atom. The summed E-state index contributed by atoms with van der Waals surface area (Å²) in [6.07, 6.45) is 0.613. The molecule has 0 saturated heterocycles. The number of nitrogens with one attached hydrogen (secondary N) is 1. The number of nitrogens with zero attached hydrogens (tertiary/aromatic N) is 1. The largest absolute Gasteiger partial charge is 0.396 e. The van der Waals surface area contributed by atoms with Gasteiger partial charge in [-0.1, -0.05) is 12.1 Å². The number of carbonyl (C=O) groups is 1. The van der Waals surface area contributed by atoms with Crippen molar-refractivity contribution in [2.75, 3.05) is 11.9 Å². The van der Waals surface area contributed by atoms with Gasteiger partial charge in [-0.25, -0.2) is 4.98 Å².